The van der Waals surface area contributed by atoms with Gasteiger partial charge < -0.3 is 30.4 Å². The highest BCUT2D eigenvalue weighted by Gasteiger charge is 2.25. The number of hydrogen-bond donors (Lipinski definition) is 4. The number of ether oxygens (including phenoxy) is 1. The number of pyridine rings is 1. The molecule has 11 heteroatoms. The molecule has 3 atom stereocenters. The van der Waals surface area contributed by atoms with Gasteiger partial charge in [-0.05, 0) is 50.7 Å². The first-order valence-corrected chi connectivity index (χ1v) is 12.1. The number of hydrogen-bond acceptors (Lipinski definition) is 8. The summed E-state index contributed by atoms with van der Waals surface area (Å²) in [6.45, 7) is 1.24. The van der Waals surface area contributed by atoms with Crippen molar-refractivity contribution in [3.05, 3.63) is 46.5 Å². The Labute approximate surface area is 202 Å². The van der Waals surface area contributed by atoms with Crippen LogP contribution in [0.1, 0.15) is 54.9 Å². The van der Waals surface area contributed by atoms with Crippen molar-refractivity contribution in [2.75, 3.05) is 30.9 Å². The van der Waals surface area contributed by atoms with Crippen molar-refractivity contribution in [1.82, 2.24) is 24.5 Å². The van der Waals surface area contributed by atoms with Gasteiger partial charge in [0.25, 0.3) is 11.5 Å². The maximum absolute atomic E-state index is 13.2. The van der Waals surface area contributed by atoms with Crippen molar-refractivity contribution in [3.63, 3.8) is 0 Å². The Balaban J connectivity index is 1.43. The molecule has 3 aromatic heterocycles. The zero-order valence-corrected chi connectivity index (χ0v) is 19.7. The van der Waals surface area contributed by atoms with E-state index < -0.39 is 6.10 Å². The Morgan fingerprint density at radius 1 is 1.26 bits per heavy atom. The quantitative estimate of drug-likeness (QED) is 0.420. The van der Waals surface area contributed by atoms with Gasteiger partial charge in [-0.2, -0.15) is 9.61 Å². The summed E-state index contributed by atoms with van der Waals surface area (Å²) in [6.07, 6.45) is 7.70. The lowest BCUT2D eigenvalue weighted by molar-refractivity contribution is 0.0580. The monoisotopic (exact) mass is 481 g/mol. The second-order valence-corrected chi connectivity index (χ2v) is 9.19. The summed E-state index contributed by atoms with van der Waals surface area (Å²) in [7, 11) is 1.75. The predicted molar refractivity (Wildman–Crippen MR) is 131 cm³/mol. The average Bonchev–Trinajstić information content (AvgIpc) is 3.29. The van der Waals surface area contributed by atoms with Gasteiger partial charge in [-0.25, -0.2) is 4.98 Å². The molecule has 35 heavy (non-hydrogen) atoms. The maximum atomic E-state index is 13.2. The minimum Gasteiger partial charge on any atom is -0.393 e. The molecule has 1 saturated heterocycles. The number of fused-ring (bicyclic) bond motifs is 1. The van der Waals surface area contributed by atoms with E-state index in [1.807, 2.05) is 6.07 Å². The molecule has 2 aliphatic rings. The molecule has 4 N–H and O–H groups in total. The number of aromatic nitrogens is 4. The fourth-order valence-corrected chi connectivity index (χ4v) is 4.90. The third-order valence-electron chi connectivity index (χ3n) is 6.72. The molecule has 3 aromatic rings. The zero-order chi connectivity index (χ0) is 24.4. The molecule has 186 valence electrons. The van der Waals surface area contributed by atoms with Gasteiger partial charge in [-0.3, -0.25) is 9.59 Å². The molecule has 1 aliphatic carbocycles. The number of carbonyl (C=O) groups is 1. The number of aliphatic hydroxyl groups excluding tert-OH is 1. The smallest absolute Gasteiger partial charge is 0.274 e. The number of amides is 1. The summed E-state index contributed by atoms with van der Waals surface area (Å²) >= 11 is 0. The molecule has 5 rings (SSSR count). The van der Waals surface area contributed by atoms with Gasteiger partial charge in [0.05, 0.1) is 24.9 Å². The number of rotatable bonds is 6. The fourth-order valence-electron chi connectivity index (χ4n) is 4.90. The molecule has 0 radical (unpaired) electrons. The van der Waals surface area contributed by atoms with Crippen LogP contribution in [0, 0.1) is 0 Å². The first-order chi connectivity index (χ1) is 17.0. The average molecular weight is 482 g/mol. The van der Waals surface area contributed by atoms with Crippen LogP contribution in [-0.4, -0.2) is 62.6 Å². The predicted octanol–water partition coefficient (Wildman–Crippen LogP) is 2.06. The standard InChI is InChI=1S/C24H31N7O4/c1-25-21-12-20(28-19-8-3-9-30(24(19)34)16-6-4-10-35-14-16)29-22-18(13-26-31(21)22)23(33)27-15-5-2-7-17(32)11-15/h3,8-9,12-13,15-17,25,32H,2,4-7,10-11,14H2,1H3,(H,27,33)(H,28,29)/t15?,16-,17?/m1/s1. The van der Waals surface area contributed by atoms with Crippen LogP contribution in [0.5, 0.6) is 0 Å². The summed E-state index contributed by atoms with van der Waals surface area (Å²) in [5.74, 6) is 0.742. The number of carbonyl (C=O) groups excluding carboxylic acids is 1. The van der Waals surface area contributed by atoms with Gasteiger partial charge >= 0.3 is 0 Å². The van der Waals surface area contributed by atoms with Crippen molar-refractivity contribution in [2.24, 2.45) is 0 Å². The highest BCUT2D eigenvalue weighted by atomic mass is 16.5. The van der Waals surface area contributed by atoms with Crippen molar-refractivity contribution < 1.29 is 14.6 Å². The normalized spacial score (nSPS) is 22.6. The molecule has 1 saturated carbocycles. The van der Waals surface area contributed by atoms with Crippen molar-refractivity contribution in [1.29, 1.82) is 0 Å². The highest BCUT2D eigenvalue weighted by Crippen LogP contribution is 2.23. The van der Waals surface area contributed by atoms with Gasteiger partial charge in [0.15, 0.2) is 5.65 Å². The minimum absolute atomic E-state index is 0.00439. The molecular formula is C24H31N7O4. The van der Waals surface area contributed by atoms with Crippen molar-refractivity contribution >= 4 is 28.9 Å². The van der Waals surface area contributed by atoms with Crippen molar-refractivity contribution in [2.45, 2.75) is 56.7 Å². The lowest BCUT2D eigenvalue weighted by Gasteiger charge is -2.26. The topological polar surface area (TPSA) is 135 Å². The molecule has 2 unspecified atom stereocenters. The molecule has 0 bridgehead atoms. The summed E-state index contributed by atoms with van der Waals surface area (Å²) in [5, 5.41) is 23.5. The number of nitrogens with zero attached hydrogens (tertiary/aromatic N) is 4. The lowest BCUT2D eigenvalue weighted by Crippen LogP contribution is -2.39. The molecule has 0 aromatic carbocycles. The molecule has 4 heterocycles. The Morgan fingerprint density at radius 2 is 2.14 bits per heavy atom. The van der Waals surface area contributed by atoms with Crippen molar-refractivity contribution in [3.8, 4) is 0 Å². The van der Waals surface area contributed by atoms with E-state index in [4.69, 9.17) is 4.74 Å². The van der Waals surface area contributed by atoms with Gasteiger partial charge in [-0.1, -0.05) is 0 Å². The molecular weight excluding hydrogens is 450 g/mol. The van der Waals surface area contributed by atoms with E-state index in [1.54, 1.807) is 34.5 Å². The van der Waals surface area contributed by atoms with Gasteiger partial charge in [-0.15, -0.1) is 0 Å². The van der Waals surface area contributed by atoms with E-state index in [-0.39, 0.29) is 23.6 Å². The van der Waals surface area contributed by atoms with Gasteiger partial charge in [0, 0.05) is 32.0 Å². The van der Waals surface area contributed by atoms with E-state index >= 15 is 0 Å². The summed E-state index contributed by atoms with van der Waals surface area (Å²) in [6, 6.07) is 5.19. The SMILES string of the molecule is CNc1cc(Nc2cccn([C@@H]3CCCOC3)c2=O)nc2c(C(=O)NC3CCCC(O)C3)cnn12. The van der Waals surface area contributed by atoms with E-state index in [1.165, 1.54) is 6.20 Å². The molecule has 1 aliphatic heterocycles. The zero-order valence-electron chi connectivity index (χ0n) is 19.7. The van der Waals surface area contributed by atoms with Crippen LogP contribution >= 0.6 is 0 Å². The highest BCUT2D eigenvalue weighted by molar-refractivity contribution is 6.00. The second kappa shape index (κ2) is 10.0. The Hall–Kier alpha value is -3.44. The van der Waals surface area contributed by atoms with Gasteiger partial charge in [0.1, 0.15) is 22.9 Å². The molecule has 2 fully saturated rings. The van der Waals surface area contributed by atoms with E-state index in [2.05, 4.69) is 26.0 Å². The lowest BCUT2D eigenvalue weighted by atomic mass is 9.93. The Bertz CT molecular complexity index is 1260. The van der Waals surface area contributed by atoms with Crippen LogP contribution in [0.4, 0.5) is 17.3 Å². The first kappa shape index (κ1) is 23.3. The maximum Gasteiger partial charge on any atom is 0.274 e. The van der Waals surface area contributed by atoms with Gasteiger partial charge in [0.2, 0.25) is 0 Å². The summed E-state index contributed by atoms with van der Waals surface area (Å²) in [5.41, 5.74) is 0.928. The molecule has 0 spiro atoms. The summed E-state index contributed by atoms with van der Waals surface area (Å²) in [4.78, 5) is 30.8. The second-order valence-electron chi connectivity index (χ2n) is 9.19. The Kier molecular flexibility index (Phi) is 6.69. The number of nitrogens with one attached hydrogen (secondary N) is 3. The third-order valence-corrected chi connectivity index (χ3v) is 6.72. The van der Waals surface area contributed by atoms with Crippen LogP contribution < -0.4 is 21.5 Å². The minimum atomic E-state index is -0.391. The van der Waals surface area contributed by atoms with E-state index in [0.717, 1.165) is 38.7 Å². The van der Waals surface area contributed by atoms with Crippen LogP contribution in [-0.2, 0) is 4.74 Å². The largest absolute Gasteiger partial charge is 0.393 e. The third kappa shape index (κ3) is 4.87. The number of aliphatic hydroxyl groups is 1. The van der Waals surface area contributed by atoms with Crippen LogP contribution in [0.25, 0.3) is 5.65 Å². The van der Waals surface area contributed by atoms with Crippen LogP contribution in [0.2, 0.25) is 0 Å². The fraction of sp³-hybridized carbons (Fsp3) is 0.500. The molecule has 1 amide bonds. The summed E-state index contributed by atoms with van der Waals surface area (Å²) < 4.78 is 8.81. The Morgan fingerprint density at radius 3 is 2.91 bits per heavy atom. The van der Waals surface area contributed by atoms with E-state index in [9.17, 15) is 14.7 Å². The van der Waals surface area contributed by atoms with E-state index in [0.29, 0.717) is 41.6 Å². The van der Waals surface area contributed by atoms with Crippen LogP contribution in [0.15, 0.2) is 35.4 Å². The first-order valence-electron chi connectivity index (χ1n) is 12.1. The van der Waals surface area contributed by atoms with Crippen LogP contribution in [0.3, 0.4) is 0 Å². The molecule has 11 nitrogen and oxygen atoms in total. The number of anilines is 3.